The summed E-state index contributed by atoms with van der Waals surface area (Å²) in [5, 5.41) is 5.52. The van der Waals surface area contributed by atoms with E-state index in [1.807, 2.05) is 6.92 Å². The Morgan fingerprint density at radius 2 is 2.00 bits per heavy atom. The maximum absolute atomic E-state index is 6.24. The number of ether oxygens (including phenoxy) is 1. The minimum Gasteiger partial charge on any atom is -0.382 e. The van der Waals surface area contributed by atoms with E-state index in [-0.39, 0.29) is 0 Å². The van der Waals surface area contributed by atoms with Gasteiger partial charge >= 0.3 is 0 Å². The molecule has 2 aromatic heterocycles. The maximum atomic E-state index is 6.24. The summed E-state index contributed by atoms with van der Waals surface area (Å²) in [6.45, 7) is 4.17. The van der Waals surface area contributed by atoms with Gasteiger partial charge in [-0.05, 0) is 51.0 Å². The predicted molar refractivity (Wildman–Crippen MR) is 104 cm³/mol. The second-order valence-corrected chi connectivity index (χ2v) is 7.32. The topological polar surface area (TPSA) is 92.0 Å². The van der Waals surface area contributed by atoms with E-state index in [4.69, 9.17) is 20.6 Å². The van der Waals surface area contributed by atoms with Crippen LogP contribution in [-0.2, 0) is 30.7 Å². The average Bonchev–Trinajstić information content (AvgIpc) is 2.99. The molecule has 6 nitrogen and oxygen atoms in total. The van der Waals surface area contributed by atoms with Crippen molar-refractivity contribution in [3.63, 3.8) is 0 Å². The summed E-state index contributed by atoms with van der Waals surface area (Å²) in [6, 6.07) is 0. The van der Waals surface area contributed by atoms with Crippen molar-refractivity contribution >= 4 is 28.8 Å². The number of nitrogens with two attached hydrogens (primary N) is 2. The van der Waals surface area contributed by atoms with Gasteiger partial charge in [-0.2, -0.15) is 0 Å². The largest absolute Gasteiger partial charge is 0.382 e. The molecule has 25 heavy (non-hydrogen) atoms. The lowest BCUT2D eigenvalue weighted by Crippen LogP contribution is -2.12. The molecular formula is C18H29N5OS. The van der Waals surface area contributed by atoms with Crippen LogP contribution in [0.1, 0.15) is 56.1 Å². The zero-order chi connectivity index (χ0) is 17.6. The highest BCUT2D eigenvalue weighted by molar-refractivity contribution is 7.97. The van der Waals surface area contributed by atoms with E-state index in [2.05, 4.69) is 9.55 Å². The smallest absolute Gasteiger partial charge is 0.151 e. The molecule has 1 aliphatic rings. The van der Waals surface area contributed by atoms with E-state index in [1.54, 1.807) is 0 Å². The van der Waals surface area contributed by atoms with E-state index in [1.165, 1.54) is 48.0 Å². The molecule has 0 spiro atoms. The molecule has 0 aromatic carbocycles. The number of aromatic nitrogens is 3. The number of pyridine rings is 1. The van der Waals surface area contributed by atoms with Crippen LogP contribution in [0.4, 0.5) is 5.82 Å². The highest BCUT2D eigenvalue weighted by Gasteiger charge is 2.22. The molecule has 0 bridgehead atoms. The Morgan fingerprint density at radius 1 is 1.16 bits per heavy atom. The van der Waals surface area contributed by atoms with Gasteiger partial charge in [0.05, 0.1) is 5.52 Å². The third kappa shape index (κ3) is 4.10. The van der Waals surface area contributed by atoms with Gasteiger partial charge in [-0.15, -0.1) is 0 Å². The number of fused-ring (bicyclic) bond motifs is 3. The zero-order valence-electron chi connectivity index (χ0n) is 15.1. The van der Waals surface area contributed by atoms with E-state index in [0.717, 1.165) is 49.3 Å². The van der Waals surface area contributed by atoms with E-state index in [9.17, 15) is 0 Å². The first kappa shape index (κ1) is 18.5. The Labute approximate surface area is 153 Å². The van der Waals surface area contributed by atoms with Crippen molar-refractivity contribution in [3.8, 4) is 0 Å². The molecule has 1 aliphatic carbocycles. The highest BCUT2D eigenvalue weighted by atomic mass is 32.2. The Bertz CT molecular complexity index is 715. The monoisotopic (exact) mass is 363 g/mol. The lowest BCUT2D eigenvalue weighted by Gasteiger charge is -2.18. The minimum atomic E-state index is 0.526. The van der Waals surface area contributed by atoms with Crippen LogP contribution >= 0.6 is 11.9 Å². The van der Waals surface area contributed by atoms with Gasteiger partial charge in [0.1, 0.15) is 17.9 Å². The summed E-state index contributed by atoms with van der Waals surface area (Å²) >= 11 is 1.42. The molecule has 0 saturated heterocycles. The minimum absolute atomic E-state index is 0.526. The van der Waals surface area contributed by atoms with Crippen molar-refractivity contribution in [3.05, 3.63) is 17.1 Å². The third-order valence-corrected chi connectivity index (χ3v) is 5.37. The molecule has 2 heterocycles. The summed E-state index contributed by atoms with van der Waals surface area (Å²) in [6.07, 6.45) is 7.94. The lowest BCUT2D eigenvalue weighted by atomic mass is 9.95. The summed E-state index contributed by atoms with van der Waals surface area (Å²) in [5.74, 6) is 2.55. The number of anilines is 1. The molecule has 7 heteroatoms. The highest BCUT2D eigenvalue weighted by Crippen LogP contribution is 2.32. The van der Waals surface area contributed by atoms with E-state index >= 15 is 0 Å². The van der Waals surface area contributed by atoms with Gasteiger partial charge in [0, 0.05) is 24.6 Å². The molecule has 0 fully saturated rings. The Morgan fingerprint density at radius 3 is 2.80 bits per heavy atom. The molecule has 4 N–H and O–H groups in total. The van der Waals surface area contributed by atoms with Crippen molar-refractivity contribution in [1.82, 2.24) is 14.5 Å². The Kier molecular flexibility index (Phi) is 6.56. The van der Waals surface area contributed by atoms with Crippen LogP contribution in [0.2, 0.25) is 0 Å². The van der Waals surface area contributed by atoms with Crippen LogP contribution in [0.3, 0.4) is 0 Å². The second kappa shape index (κ2) is 8.87. The van der Waals surface area contributed by atoms with Gasteiger partial charge in [0.25, 0.3) is 0 Å². The van der Waals surface area contributed by atoms with Crippen LogP contribution in [0.25, 0.3) is 11.0 Å². The fraction of sp³-hybridized carbons (Fsp3) is 0.667. The normalized spacial score (nSPS) is 14.2. The van der Waals surface area contributed by atoms with Crippen LogP contribution in [0.5, 0.6) is 0 Å². The number of hydrogen-bond acceptors (Lipinski definition) is 6. The van der Waals surface area contributed by atoms with Crippen molar-refractivity contribution < 1.29 is 4.74 Å². The number of unbranched alkanes of at least 4 members (excludes halogenated alkanes) is 2. The van der Waals surface area contributed by atoms with Gasteiger partial charge < -0.3 is 15.0 Å². The van der Waals surface area contributed by atoms with Gasteiger partial charge in [-0.3, -0.25) is 5.14 Å². The quantitative estimate of drug-likeness (QED) is 0.525. The SMILES string of the molecule is CCOCc1nc2c(N)nc3c(c2n1CCCCCSN)CCCC3. The molecule has 138 valence electrons. The molecule has 0 radical (unpaired) electrons. The molecule has 0 atom stereocenters. The zero-order valence-corrected chi connectivity index (χ0v) is 15.9. The van der Waals surface area contributed by atoms with Crippen molar-refractivity contribution in [2.45, 2.75) is 65.0 Å². The molecule has 0 amide bonds. The van der Waals surface area contributed by atoms with Gasteiger partial charge in [0.2, 0.25) is 0 Å². The molecule has 2 aromatic rings. The fourth-order valence-corrected chi connectivity index (χ4v) is 4.00. The first-order chi connectivity index (χ1) is 12.3. The molecular weight excluding hydrogens is 334 g/mol. The number of imidazole rings is 1. The molecule has 3 rings (SSSR count). The molecule has 0 aliphatic heterocycles. The number of nitrogen functional groups attached to an aromatic ring is 1. The number of nitrogens with zero attached hydrogens (tertiary/aromatic N) is 3. The standard InChI is InChI=1S/C18H29N5OS/c1-2-24-12-15-22-16-17(23(15)10-6-3-7-11-25-20)13-8-4-5-9-14(13)21-18(16)19/h2-12,20H2,1H3,(H2,19,21). The van der Waals surface area contributed by atoms with Crippen LogP contribution in [-0.4, -0.2) is 26.9 Å². The maximum Gasteiger partial charge on any atom is 0.151 e. The summed E-state index contributed by atoms with van der Waals surface area (Å²) < 4.78 is 7.99. The second-order valence-electron chi connectivity index (χ2n) is 6.57. The molecule has 0 unspecified atom stereocenters. The number of rotatable bonds is 9. The van der Waals surface area contributed by atoms with Gasteiger partial charge in [-0.25, -0.2) is 9.97 Å². The van der Waals surface area contributed by atoms with Crippen molar-refractivity contribution in [2.24, 2.45) is 5.14 Å². The van der Waals surface area contributed by atoms with E-state index in [0.29, 0.717) is 19.0 Å². The van der Waals surface area contributed by atoms with Crippen molar-refractivity contribution in [1.29, 1.82) is 0 Å². The number of hydrogen-bond donors (Lipinski definition) is 2. The van der Waals surface area contributed by atoms with Gasteiger partial charge in [0.15, 0.2) is 5.82 Å². The summed E-state index contributed by atoms with van der Waals surface area (Å²) in [7, 11) is 0. The van der Waals surface area contributed by atoms with Crippen LogP contribution in [0, 0.1) is 0 Å². The van der Waals surface area contributed by atoms with Gasteiger partial charge in [-0.1, -0.05) is 18.4 Å². The third-order valence-electron chi connectivity index (χ3n) is 4.85. The predicted octanol–water partition coefficient (Wildman–Crippen LogP) is 3.21. The summed E-state index contributed by atoms with van der Waals surface area (Å²) in [5.41, 5.74) is 10.8. The average molecular weight is 364 g/mol. The molecule has 0 saturated carbocycles. The van der Waals surface area contributed by atoms with Crippen molar-refractivity contribution in [2.75, 3.05) is 18.1 Å². The number of aryl methyl sites for hydroxylation is 3. The fourth-order valence-electron chi connectivity index (χ4n) is 3.63. The first-order valence-electron chi connectivity index (χ1n) is 9.32. The summed E-state index contributed by atoms with van der Waals surface area (Å²) in [4.78, 5) is 9.44. The Balaban J connectivity index is 1.95. The van der Waals surface area contributed by atoms with Crippen LogP contribution in [0.15, 0.2) is 0 Å². The van der Waals surface area contributed by atoms with E-state index < -0.39 is 0 Å². The first-order valence-corrected chi connectivity index (χ1v) is 10.4. The lowest BCUT2D eigenvalue weighted by molar-refractivity contribution is 0.126. The Hall–Kier alpha value is -1.31. The van der Waals surface area contributed by atoms with Crippen LogP contribution < -0.4 is 10.9 Å².